The summed E-state index contributed by atoms with van der Waals surface area (Å²) in [7, 11) is 2.17. The highest BCUT2D eigenvalue weighted by atomic mass is 14.9. The Morgan fingerprint density at radius 1 is 0.576 bits per heavy atom. The van der Waals surface area contributed by atoms with E-state index in [0.717, 1.165) is 0 Å². The summed E-state index contributed by atoms with van der Waals surface area (Å²) >= 11 is 0. The molecule has 0 aliphatic heterocycles. The molecule has 3 heterocycles. The predicted molar refractivity (Wildman–Crippen MR) is 140 cm³/mol. The first kappa shape index (κ1) is 17.4. The van der Waals surface area contributed by atoms with Gasteiger partial charge in [-0.05, 0) is 47.5 Å². The second-order valence-corrected chi connectivity index (χ2v) is 9.32. The van der Waals surface area contributed by atoms with E-state index < -0.39 is 0 Å². The van der Waals surface area contributed by atoms with Crippen LogP contribution in [-0.4, -0.2) is 4.40 Å². The van der Waals surface area contributed by atoms with Gasteiger partial charge in [0.2, 0.25) is 5.52 Å². The Morgan fingerprint density at radius 2 is 1.27 bits per heavy atom. The van der Waals surface area contributed by atoms with E-state index in [1.807, 2.05) is 0 Å². The molecule has 0 atom stereocenters. The largest absolute Gasteiger partial charge is 0.308 e. The summed E-state index contributed by atoms with van der Waals surface area (Å²) in [6, 6.07) is 31.4. The summed E-state index contributed by atoms with van der Waals surface area (Å²) in [6.45, 7) is 2.24. The number of rotatable bonds is 0. The summed E-state index contributed by atoms with van der Waals surface area (Å²) in [6.07, 6.45) is 2.17. The Kier molecular flexibility index (Phi) is 3.05. The number of benzene rings is 5. The zero-order valence-corrected chi connectivity index (χ0v) is 18.6. The third-order valence-electron chi connectivity index (χ3n) is 7.62. The van der Waals surface area contributed by atoms with Crippen molar-refractivity contribution < 1.29 is 4.57 Å². The van der Waals surface area contributed by atoms with Crippen molar-refractivity contribution in [1.29, 1.82) is 0 Å². The third kappa shape index (κ3) is 1.94. The average Bonchev–Trinajstić information content (AvgIpc) is 3.36. The molecule has 0 saturated heterocycles. The van der Waals surface area contributed by atoms with Gasteiger partial charge in [-0.3, -0.25) is 0 Å². The smallest absolute Gasteiger partial charge is 0.221 e. The van der Waals surface area contributed by atoms with Gasteiger partial charge in [0.25, 0.3) is 0 Å². The topological polar surface area (TPSA) is 8.29 Å². The molecule has 0 unspecified atom stereocenters. The Labute approximate surface area is 190 Å². The lowest BCUT2D eigenvalue weighted by Gasteiger charge is -2.12. The number of hydrogen-bond donors (Lipinski definition) is 0. The van der Waals surface area contributed by atoms with Gasteiger partial charge in [-0.25, -0.2) is 4.57 Å². The average molecular weight is 422 g/mol. The van der Waals surface area contributed by atoms with Gasteiger partial charge in [0, 0.05) is 33.0 Å². The van der Waals surface area contributed by atoms with Gasteiger partial charge >= 0.3 is 0 Å². The van der Waals surface area contributed by atoms with Gasteiger partial charge < -0.3 is 4.40 Å². The Hall–Kier alpha value is -4.17. The van der Waals surface area contributed by atoms with Crippen LogP contribution in [0.15, 0.2) is 91.1 Å². The van der Waals surface area contributed by atoms with Crippen molar-refractivity contribution in [2.24, 2.45) is 7.05 Å². The first-order chi connectivity index (χ1) is 16.2. The summed E-state index contributed by atoms with van der Waals surface area (Å²) < 4.78 is 4.76. The molecule has 2 heteroatoms. The summed E-state index contributed by atoms with van der Waals surface area (Å²) in [5, 5.41) is 12.1. The summed E-state index contributed by atoms with van der Waals surface area (Å²) in [4.78, 5) is 0. The number of aromatic nitrogens is 2. The molecule has 0 saturated carbocycles. The number of fused-ring (bicyclic) bond motifs is 13. The second kappa shape index (κ2) is 5.79. The number of aryl methyl sites for hydroxylation is 2. The maximum absolute atomic E-state index is 2.48. The fourth-order valence-electron chi connectivity index (χ4n) is 6.34. The van der Waals surface area contributed by atoms with Gasteiger partial charge in [0.05, 0.1) is 27.3 Å². The van der Waals surface area contributed by atoms with Crippen molar-refractivity contribution in [2.75, 3.05) is 0 Å². The SMILES string of the molecule is Cc1cccc2c1c1c(ccc[n+]1C)c1cc3c4ccccc4n4c5ccccc5c(c12)c34. The van der Waals surface area contributed by atoms with Gasteiger partial charge in [-0.15, -0.1) is 0 Å². The molecule has 0 bridgehead atoms. The number of hydrogen-bond acceptors (Lipinski definition) is 0. The van der Waals surface area contributed by atoms with E-state index in [1.54, 1.807) is 0 Å². The van der Waals surface area contributed by atoms with Gasteiger partial charge in [-0.2, -0.15) is 0 Å². The molecule has 33 heavy (non-hydrogen) atoms. The van der Waals surface area contributed by atoms with Crippen LogP contribution in [0.2, 0.25) is 0 Å². The van der Waals surface area contributed by atoms with Crippen LogP contribution in [0.5, 0.6) is 0 Å². The molecule has 8 aromatic rings. The summed E-state index contributed by atoms with van der Waals surface area (Å²) in [5.41, 5.74) is 6.53. The minimum Gasteiger partial charge on any atom is -0.308 e. The fourth-order valence-corrected chi connectivity index (χ4v) is 6.34. The van der Waals surface area contributed by atoms with Crippen molar-refractivity contribution in [3.05, 3.63) is 96.7 Å². The first-order valence-corrected chi connectivity index (χ1v) is 11.5. The standard InChI is InChI=1S/C31H21N2/c1-18-9-7-12-22-27(18)30-20(13-8-16-32(30)2)23-17-24-19-10-3-5-14-25(19)33-26-15-6-4-11-21(26)29(28(22)23)31(24)33/h3-17H,1-2H3/q+1. The maximum Gasteiger partial charge on any atom is 0.221 e. The van der Waals surface area contributed by atoms with E-state index in [0.29, 0.717) is 0 Å². The maximum atomic E-state index is 2.48. The molecule has 0 spiro atoms. The van der Waals surface area contributed by atoms with Crippen molar-refractivity contribution in [3.63, 3.8) is 0 Å². The van der Waals surface area contributed by atoms with Crippen molar-refractivity contribution >= 4 is 70.5 Å². The molecule has 0 amide bonds. The molecular formula is C31H21N2+. The molecule has 154 valence electrons. The molecule has 2 nitrogen and oxygen atoms in total. The molecule has 0 aliphatic rings. The highest BCUT2D eigenvalue weighted by Crippen LogP contribution is 2.47. The molecular weight excluding hydrogens is 400 g/mol. The van der Waals surface area contributed by atoms with Crippen LogP contribution in [0, 0.1) is 6.92 Å². The van der Waals surface area contributed by atoms with E-state index >= 15 is 0 Å². The molecule has 0 N–H and O–H groups in total. The monoisotopic (exact) mass is 421 g/mol. The zero-order chi connectivity index (χ0) is 21.8. The van der Waals surface area contributed by atoms with Crippen LogP contribution in [0.3, 0.4) is 0 Å². The second-order valence-electron chi connectivity index (χ2n) is 9.32. The minimum atomic E-state index is 1.28. The van der Waals surface area contributed by atoms with Crippen molar-refractivity contribution in [3.8, 4) is 0 Å². The Morgan fingerprint density at radius 3 is 2.12 bits per heavy atom. The third-order valence-corrected chi connectivity index (χ3v) is 7.62. The van der Waals surface area contributed by atoms with Crippen LogP contribution in [-0.2, 0) is 7.05 Å². The molecule has 3 aromatic heterocycles. The summed E-state index contributed by atoms with van der Waals surface area (Å²) in [5.74, 6) is 0. The van der Waals surface area contributed by atoms with Crippen molar-refractivity contribution in [2.45, 2.75) is 6.92 Å². The van der Waals surface area contributed by atoms with Gasteiger partial charge in [-0.1, -0.05) is 54.6 Å². The Balaban J connectivity index is 1.87. The molecule has 8 rings (SSSR count). The van der Waals surface area contributed by atoms with Crippen LogP contribution >= 0.6 is 0 Å². The lowest BCUT2D eigenvalue weighted by atomic mass is 9.90. The molecule has 0 aliphatic carbocycles. The lowest BCUT2D eigenvalue weighted by Crippen LogP contribution is -2.28. The van der Waals surface area contributed by atoms with Crippen LogP contribution < -0.4 is 4.57 Å². The fraction of sp³-hybridized carbons (Fsp3) is 0.0645. The highest BCUT2D eigenvalue weighted by Gasteiger charge is 2.24. The molecule has 5 aromatic carbocycles. The van der Waals surface area contributed by atoms with E-state index in [1.165, 1.54) is 76.1 Å². The van der Waals surface area contributed by atoms with Gasteiger partial charge in [0.1, 0.15) is 7.05 Å². The van der Waals surface area contributed by atoms with E-state index in [-0.39, 0.29) is 0 Å². The van der Waals surface area contributed by atoms with Crippen molar-refractivity contribution in [1.82, 2.24) is 4.40 Å². The number of pyridine rings is 1. The normalized spacial score (nSPS) is 12.5. The predicted octanol–water partition coefficient (Wildman–Crippen LogP) is 7.43. The minimum absolute atomic E-state index is 1.28. The number of nitrogens with zero attached hydrogens (tertiary/aromatic N) is 2. The Bertz CT molecular complexity index is 2090. The van der Waals surface area contributed by atoms with E-state index in [9.17, 15) is 0 Å². The van der Waals surface area contributed by atoms with E-state index in [2.05, 4.69) is 114 Å². The van der Waals surface area contributed by atoms with Gasteiger partial charge in [0.15, 0.2) is 6.20 Å². The highest BCUT2D eigenvalue weighted by molar-refractivity contribution is 6.39. The quantitative estimate of drug-likeness (QED) is 0.178. The van der Waals surface area contributed by atoms with Crippen LogP contribution in [0.25, 0.3) is 70.5 Å². The van der Waals surface area contributed by atoms with Crippen LogP contribution in [0.1, 0.15) is 5.56 Å². The lowest BCUT2D eigenvalue weighted by molar-refractivity contribution is -0.644. The number of para-hydroxylation sites is 2. The first-order valence-electron chi connectivity index (χ1n) is 11.5. The van der Waals surface area contributed by atoms with Crippen LogP contribution in [0.4, 0.5) is 0 Å². The molecule has 0 fully saturated rings. The molecule has 0 radical (unpaired) electrons. The van der Waals surface area contributed by atoms with E-state index in [4.69, 9.17) is 0 Å². The zero-order valence-electron chi connectivity index (χ0n) is 18.6.